The molecular weight excluding hydrogens is 258 g/mol. The van der Waals surface area contributed by atoms with Gasteiger partial charge in [0.15, 0.2) is 0 Å². The zero-order valence-corrected chi connectivity index (χ0v) is 11.7. The van der Waals surface area contributed by atoms with Gasteiger partial charge in [-0.15, -0.1) is 0 Å². The molecule has 0 bridgehead atoms. The Bertz CT molecular complexity index is 463. The highest BCUT2D eigenvalue weighted by Gasteiger charge is 2.26. The summed E-state index contributed by atoms with van der Waals surface area (Å²) in [5, 5.41) is 18.8. The van der Waals surface area contributed by atoms with E-state index in [-0.39, 0.29) is 5.56 Å². The minimum absolute atomic E-state index is 0.233. The van der Waals surface area contributed by atoms with Crippen LogP contribution in [0.25, 0.3) is 0 Å². The summed E-state index contributed by atoms with van der Waals surface area (Å²) in [4.78, 5) is 13.1. The minimum atomic E-state index is -0.950. The van der Waals surface area contributed by atoms with Gasteiger partial charge in [0.05, 0.1) is 11.2 Å². The van der Waals surface area contributed by atoms with E-state index < -0.39 is 11.6 Å². The standard InChI is InChI=1S/C15H21NO4/c1-15(19)5-7-16(8-6-15)9-10-20-13-4-2-3-12(11-13)14(17)18/h2-4,11,19H,5-10H2,1H3,(H,17,18). The van der Waals surface area contributed by atoms with E-state index in [1.54, 1.807) is 18.2 Å². The molecule has 2 N–H and O–H groups in total. The fraction of sp³-hybridized carbons (Fsp3) is 0.533. The number of ether oxygens (including phenoxy) is 1. The van der Waals surface area contributed by atoms with Gasteiger partial charge in [-0.2, -0.15) is 0 Å². The van der Waals surface area contributed by atoms with Gasteiger partial charge in [-0.3, -0.25) is 4.90 Å². The van der Waals surface area contributed by atoms with Gasteiger partial charge in [-0.25, -0.2) is 4.79 Å². The SMILES string of the molecule is CC1(O)CCN(CCOc2cccc(C(=O)O)c2)CC1. The number of hydrogen-bond acceptors (Lipinski definition) is 4. The zero-order chi connectivity index (χ0) is 14.6. The van der Waals surface area contributed by atoms with Crippen LogP contribution in [0.5, 0.6) is 5.75 Å². The summed E-state index contributed by atoms with van der Waals surface area (Å²) in [7, 11) is 0. The number of aromatic carboxylic acids is 1. The summed E-state index contributed by atoms with van der Waals surface area (Å²) < 4.78 is 5.58. The Balaban J connectivity index is 1.76. The molecule has 1 fully saturated rings. The Kier molecular flexibility index (Phi) is 4.62. The van der Waals surface area contributed by atoms with Crippen molar-refractivity contribution < 1.29 is 19.7 Å². The van der Waals surface area contributed by atoms with Crippen LogP contribution in [0, 0.1) is 0 Å². The molecule has 1 heterocycles. The Morgan fingerprint density at radius 3 is 2.75 bits per heavy atom. The molecule has 0 amide bonds. The molecule has 0 aliphatic carbocycles. The number of carboxylic acid groups (broad SMARTS) is 1. The van der Waals surface area contributed by atoms with Gasteiger partial charge in [0, 0.05) is 19.6 Å². The van der Waals surface area contributed by atoms with Gasteiger partial charge in [0.1, 0.15) is 12.4 Å². The number of benzene rings is 1. The molecule has 0 aromatic heterocycles. The maximum atomic E-state index is 10.8. The highest BCUT2D eigenvalue weighted by atomic mass is 16.5. The number of hydrogen-bond donors (Lipinski definition) is 2. The van der Waals surface area contributed by atoms with Crippen LogP contribution >= 0.6 is 0 Å². The second kappa shape index (κ2) is 6.24. The fourth-order valence-electron chi connectivity index (χ4n) is 2.27. The highest BCUT2D eigenvalue weighted by molar-refractivity contribution is 5.87. The third-order valence-corrected chi connectivity index (χ3v) is 3.69. The van der Waals surface area contributed by atoms with Gasteiger partial charge >= 0.3 is 5.97 Å². The van der Waals surface area contributed by atoms with E-state index >= 15 is 0 Å². The number of aliphatic hydroxyl groups is 1. The van der Waals surface area contributed by atoms with Crippen LogP contribution in [0.4, 0.5) is 0 Å². The second-order valence-corrected chi connectivity index (χ2v) is 5.52. The van der Waals surface area contributed by atoms with Crippen molar-refractivity contribution in [1.29, 1.82) is 0 Å². The van der Waals surface area contributed by atoms with Crippen molar-refractivity contribution >= 4 is 5.97 Å². The number of likely N-dealkylation sites (tertiary alicyclic amines) is 1. The van der Waals surface area contributed by atoms with Crippen LogP contribution in [-0.2, 0) is 0 Å². The lowest BCUT2D eigenvalue weighted by Crippen LogP contribution is -2.43. The molecule has 1 aromatic carbocycles. The first-order valence-electron chi connectivity index (χ1n) is 6.87. The number of piperidine rings is 1. The molecule has 1 aliphatic heterocycles. The summed E-state index contributed by atoms with van der Waals surface area (Å²) in [5.74, 6) is -0.373. The number of carboxylic acids is 1. The van der Waals surface area contributed by atoms with Crippen molar-refractivity contribution in [3.63, 3.8) is 0 Å². The van der Waals surface area contributed by atoms with Crippen LogP contribution in [0.2, 0.25) is 0 Å². The fourth-order valence-corrected chi connectivity index (χ4v) is 2.27. The van der Waals surface area contributed by atoms with Gasteiger partial charge < -0.3 is 14.9 Å². The van der Waals surface area contributed by atoms with E-state index in [1.807, 2.05) is 6.92 Å². The van der Waals surface area contributed by atoms with E-state index in [9.17, 15) is 9.90 Å². The second-order valence-electron chi connectivity index (χ2n) is 5.52. The van der Waals surface area contributed by atoms with Crippen LogP contribution in [0.3, 0.4) is 0 Å². The molecule has 0 radical (unpaired) electrons. The summed E-state index contributed by atoms with van der Waals surface area (Å²) in [5.41, 5.74) is -0.302. The summed E-state index contributed by atoms with van der Waals surface area (Å²) >= 11 is 0. The zero-order valence-electron chi connectivity index (χ0n) is 11.7. The topological polar surface area (TPSA) is 70.0 Å². The van der Waals surface area contributed by atoms with Crippen molar-refractivity contribution in [2.45, 2.75) is 25.4 Å². The Morgan fingerprint density at radius 1 is 1.40 bits per heavy atom. The van der Waals surface area contributed by atoms with Gasteiger partial charge in [-0.1, -0.05) is 6.07 Å². The molecule has 0 atom stereocenters. The molecule has 110 valence electrons. The molecule has 1 aliphatic rings. The maximum Gasteiger partial charge on any atom is 0.335 e. The monoisotopic (exact) mass is 279 g/mol. The molecule has 1 aromatic rings. The van der Waals surface area contributed by atoms with E-state index in [0.717, 1.165) is 32.5 Å². The molecular formula is C15H21NO4. The van der Waals surface area contributed by atoms with E-state index in [0.29, 0.717) is 12.4 Å². The molecule has 5 heteroatoms. The molecule has 20 heavy (non-hydrogen) atoms. The quantitative estimate of drug-likeness (QED) is 0.857. The lowest BCUT2D eigenvalue weighted by molar-refractivity contribution is -0.00768. The first-order valence-corrected chi connectivity index (χ1v) is 6.87. The van der Waals surface area contributed by atoms with Crippen molar-refractivity contribution in [3.05, 3.63) is 29.8 Å². The molecule has 1 saturated heterocycles. The lowest BCUT2D eigenvalue weighted by Gasteiger charge is -2.35. The highest BCUT2D eigenvalue weighted by Crippen LogP contribution is 2.21. The van der Waals surface area contributed by atoms with Crippen LogP contribution in [-0.4, -0.2) is 52.9 Å². The van der Waals surface area contributed by atoms with Crippen molar-refractivity contribution in [2.24, 2.45) is 0 Å². The molecule has 0 saturated carbocycles. The Labute approximate surface area is 118 Å². The summed E-state index contributed by atoms with van der Waals surface area (Å²) in [6.45, 7) is 4.91. The molecule has 0 unspecified atom stereocenters. The third-order valence-electron chi connectivity index (χ3n) is 3.69. The Morgan fingerprint density at radius 2 is 2.10 bits per heavy atom. The van der Waals surface area contributed by atoms with Crippen LogP contribution in [0.15, 0.2) is 24.3 Å². The largest absolute Gasteiger partial charge is 0.492 e. The van der Waals surface area contributed by atoms with E-state index in [2.05, 4.69) is 4.90 Å². The summed E-state index contributed by atoms with van der Waals surface area (Å²) in [6, 6.07) is 6.51. The molecule has 5 nitrogen and oxygen atoms in total. The first kappa shape index (κ1) is 14.8. The molecule has 0 spiro atoms. The van der Waals surface area contributed by atoms with Crippen LogP contribution in [0.1, 0.15) is 30.1 Å². The first-order chi connectivity index (χ1) is 9.46. The van der Waals surface area contributed by atoms with E-state index in [1.165, 1.54) is 6.07 Å². The van der Waals surface area contributed by atoms with Gasteiger partial charge in [-0.05, 0) is 38.0 Å². The minimum Gasteiger partial charge on any atom is -0.492 e. The van der Waals surface area contributed by atoms with Crippen molar-refractivity contribution in [2.75, 3.05) is 26.2 Å². The van der Waals surface area contributed by atoms with Gasteiger partial charge in [0.25, 0.3) is 0 Å². The normalized spacial score (nSPS) is 18.7. The predicted octanol–water partition coefficient (Wildman–Crippen LogP) is 1.61. The van der Waals surface area contributed by atoms with E-state index in [4.69, 9.17) is 9.84 Å². The number of rotatable bonds is 5. The summed E-state index contributed by atoms with van der Waals surface area (Å²) in [6.07, 6.45) is 1.56. The third kappa shape index (κ3) is 4.21. The smallest absolute Gasteiger partial charge is 0.335 e. The lowest BCUT2D eigenvalue weighted by atomic mass is 9.94. The maximum absolute atomic E-state index is 10.8. The Hall–Kier alpha value is -1.59. The number of carbonyl (C=O) groups is 1. The number of nitrogens with zero attached hydrogens (tertiary/aromatic N) is 1. The van der Waals surface area contributed by atoms with Crippen molar-refractivity contribution in [1.82, 2.24) is 4.90 Å². The predicted molar refractivity (Wildman–Crippen MR) is 75.2 cm³/mol. The molecule has 2 rings (SSSR count). The average molecular weight is 279 g/mol. The van der Waals surface area contributed by atoms with Crippen LogP contribution < -0.4 is 4.74 Å². The van der Waals surface area contributed by atoms with Gasteiger partial charge in [0.2, 0.25) is 0 Å². The average Bonchev–Trinajstić information content (AvgIpc) is 2.41. The van der Waals surface area contributed by atoms with Crippen molar-refractivity contribution in [3.8, 4) is 5.75 Å².